The second-order valence-corrected chi connectivity index (χ2v) is 5.13. The fourth-order valence-corrected chi connectivity index (χ4v) is 2.71. The highest BCUT2D eigenvalue weighted by Crippen LogP contribution is 2.25. The summed E-state index contributed by atoms with van der Waals surface area (Å²) in [5.74, 6) is 0. The molecule has 0 amide bonds. The average Bonchev–Trinajstić information content (AvgIpc) is 2.94. The Bertz CT molecular complexity index is 400. The minimum absolute atomic E-state index is 0.710. The molecular formula is C16H26N2O. The van der Waals surface area contributed by atoms with Crippen molar-refractivity contribution < 1.29 is 4.74 Å². The maximum absolute atomic E-state index is 5.52. The summed E-state index contributed by atoms with van der Waals surface area (Å²) >= 11 is 0. The standard InChI is InChI=1S/C16H26N2O/c1-4-18(17-10-6-7-11-17)16-12-15(13-19-5-2)9-8-14(16)3/h8-9,12H,4-7,10-11,13H2,1-3H3. The third kappa shape index (κ3) is 3.48. The Morgan fingerprint density at radius 1 is 1.21 bits per heavy atom. The molecular weight excluding hydrogens is 236 g/mol. The van der Waals surface area contributed by atoms with Gasteiger partial charge in [-0.05, 0) is 50.8 Å². The quantitative estimate of drug-likeness (QED) is 0.782. The van der Waals surface area contributed by atoms with Gasteiger partial charge in [-0.3, -0.25) is 0 Å². The number of hydrogen-bond donors (Lipinski definition) is 0. The lowest BCUT2D eigenvalue weighted by Crippen LogP contribution is -2.41. The number of hydrogen-bond acceptors (Lipinski definition) is 3. The van der Waals surface area contributed by atoms with Crippen LogP contribution in [-0.4, -0.2) is 31.3 Å². The molecule has 0 aliphatic carbocycles. The maximum Gasteiger partial charge on any atom is 0.0717 e. The Morgan fingerprint density at radius 3 is 2.58 bits per heavy atom. The minimum atomic E-state index is 0.710. The summed E-state index contributed by atoms with van der Waals surface area (Å²) in [4.78, 5) is 0. The van der Waals surface area contributed by atoms with Gasteiger partial charge in [-0.2, -0.15) is 0 Å². The SMILES string of the molecule is CCOCc1ccc(C)c(N(CC)N2CCCC2)c1. The van der Waals surface area contributed by atoms with E-state index >= 15 is 0 Å². The Labute approximate surface area is 117 Å². The fraction of sp³-hybridized carbons (Fsp3) is 0.625. The Balaban J connectivity index is 2.19. The van der Waals surface area contributed by atoms with E-state index in [4.69, 9.17) is 4.74 Å². The lowest BCUT2D eigenvalue weighted by molar-refractivity contribution is 0.134. The molecule has 0 radical (unpaired) electrons. The molecule has 0 unspecified atom stereocenters. The summed E-state index contributed by atoms with van der Waals surface area (Å²) in [6, 6.07) is 6.67. The molecule has 1 saturated heterocycles. The Kier molecular flexibility index (Phi) is 5.23. The number of rotatable bonds is 6. The van der Waals surface area contributed by atoms with E-state index in [0.717, 1.165) is 13.2 Å². The first kappa shape index (κ1) is 14.4. The maximum atomic E-state index is 5.52. The van der Waals surface area contributed by atoms with E-state index in [-0.39, 0.29) is 0 Å². The van der Waals surface area contributed by atoms with E-state index in [1.807, 2.05) is 6.92 Å². The van der Waals surface area contributed by atoms with Crippen molar-refractivity contribution in [1.29, 1.82) is 0 Å². The van der Waals surface area contributed by atoms with Crippen LogP contribution in [-0.2, 0) is 11.3 Å². The number of aryl methyl sites for hydroxylation is 1. The van der Waals surface area contributed by atoms with Crippen molar-refractivity contribution in [3.63, 3.8) is 0 Å². The van der Waals surface area contributed by atoms with Crippen LogP contribution in [0.3, 0.4) is 0 Å². The van der Waals surface area contributed by atoms with Crippen LogP contribution in [0.25, 0.3) is 0 Å². The molecule has 0 atom stereocenters. The van der Waals surface area contributed by atoms with E-state index in [9.17, 15) is 0 Å². The van der Waals surface area contributed by atoms with Gasteiger partial charge >= 0.3 is 0 Å². The molecule has 0 saturated carbocycles. The monoisotopic (exact) mass is 262 g/mol. The van der Waals surface area contributed by atoms with Crippen LogP contribution in [0.5, 0.6) is 0 Å². The van der Waals surface area contributed by atoms with Gasteiger partial charge in [0.25, 0.3) is 0 Å². The fourth-order valence-electron chi connectivity index (χ4n) is 2.71. The summed E-state index contributed by atoms with van der Waals surface area (Å²) in [5, 5.41) is 4.91. The van der Waals surface area contributed by atoms with Crippen molar-refractivity contribution in [3.8, 4) is 0 Å². The number of hydrazine groups is 1. The second kappa shape index (κ2) is 6.92. The molecule has 0 spiro atoms. The average molecular weight is 262 g/mol. The number of anilines is 1. The molecule has 0 aromatic heterocycles. The van der Waals surface area contributed by atoms with Crippen LogP contribution in [0.15, 0.2) is 18.2 Å². The Morgan fingerprint density at radius 2 is 1.95 bits per heavy atom. The van der Waals surface area contributed by atoms with Crippen molar-refractivity contribution in [2.24, 2.45) is 0 Å². The van der Waals surface area contributed by atoms with E-state index in [2.05, 4.69) is 42.1 Å². The lowest BCUT2D eigenvalue weighted by Gasteiger charge is -2.34. The third-order valence-electron chi connectivity index (χ3n) is 3.75. The molecule has 2 rings (SSSR count). The molecule has 0 bridgehead atoms. The minimum Gasteiger partial charge on any atom is -0.377 e. The van der Waals surface area contributed by atoms with Crippen molar-refractivity contribution in [2.75, 3.05) is 31.3 Å². The van der Waals surface area contributed by atoms with Crippen LogP contribution in [0.2, 0.25) is 0 Å². The molecule has 106 valence electrons. The topological polar surface area (TPSA) is 15.7 Å². The molecule has 0 N–H and O–H groups in total. The lowest BCUT2D eigenvalue weighted by atomic mass is 10.1. The molecule has 3 heteroatoms. The summed E-state index contributed by atoms with van der Waals surface area (Å²) in [6.07, 6.45) is 2.63. The number of nitrogens with zero attached hydrogens (tertiary/aromatic N) is 2. The number of benzene rings is 1. The first-order valence-electron chi connectivity index (χ1n) is 7.46. The van der Waals surface area contributed by atoms with Gasteiger partial charge in [0.2, 0.25) is 0 Å². The zero-order chi connectivity index (χ0) is 13.7. The zero-order valence-electron chi connectivity index (χ0n) is 12.5. The van der Waals surface area contributed by atoms with E-state index < -0.39 is 0 Å². The Hall–Kier alpha value is -1.06. The molecule has 1 aliphatic heterocycles. The van der Waals surface area contributed by atoms with Crippen LogP contribution >= 0.6 is 0 Å². The van der Waals surface area contributed by atoms with Gasteiger partial charge in [0.1, 0.15) is 0 Å². The van der Waals surface area contributed by atoms with E-state index in [0.29, 0.717) is 6.61 Å². The highest BCUT2D eigenvalue weighted by atomic mass is 16.5. The smallest absolute Gasteiger partial charge is 0.0717 e. The first-order chi connectivity index (χ1) is 9.26. The summed E-state index contributed by atoms with van der Waals surface area (Å²) in [5.41, 5.74) is 3.94. The van der Waals surface area contributed by atoms with Crippen LogP contribution in [0.4, 0.5) is 5.69 Å². The van der Waals surface area contributed by atoms with Gasteiger partial charge in [0.15, 0.2) is 0 Å². The largest absolute Gasteiger partial charge is 0.377 e. The van der Waals surface area contributed by atoms with Crippen molar-refractivity contribution in [2.45, 2.75) is 40.2 Å². The molecule has 3 nitrogen and oxygen atoms in total. The molecule has 1 aromatic carbocycles. The highest BCUT2D eigenvalue weighted by Gasteiger charge is 2.20. The van der Waals surface area contributed by atoms with E-state index in [1.54, 1.807) is 0 Å². The van der Waals surface area contributed by atoms with Gasteiger partial charge in [-0.15, -0.1) is 0 Å². The number of ether oxygens (including phenoxy) is 1. The van der Waals surface area contributed by atoms with Crippen LogP contribution in [0.1, 0.15) is 37.8 Å². The third-order valence-corrected chi connectivity index (χ3v) is 3.75. The van der Waals surface area contributed by atoms with Gasteiger partial charge < -0.3 is 9.75 Å². The molecule has 19 heavy (non-hydrogen) atoms. The van der Waals surface area contributed by atoms with Crippen LogP contribution < -0.4 is 5.01 Å². The first-order valence-corrected chi connectivity index (χ1v) is 7.46. The highest BCUT2D eigenvalue weighted by molar-refractivity contribution is 5.54. The molecule has 1 heterocycles. The van der Waals surface area contributed by atoms with Gasteiger partial charge in [-0.1, -0.05) is 12.1 Å². The summed E-state index contributed by atoms with van der Waals surface area (Å²) < 4.78 is 5.52. The normalized spacial score (nSPS) is 15.9. The predicted octanol–water partition coefficient (Wildman–Crippen LogP) is 3.37. The van der Waals surface area contributed by atoms with Gasteiger partial charge in [-0.25, -0.2) is 5.01 Å². The molecule has 1 fully saturated rings. The molecule has 1 aromatic rings. The van der Waals surface area contributed by atoms with Crippen molar-refractivity contribution >= 4 is 5.69 Å². The zero-order valence-corrected chi connectivity index (χ0v) is 12.5. The molecule has 1 aliphatic rings. The van der Waals surface area contributed by atoms with Gasteiger partial charge in [0.05, 0.1) is 12.3 Å². The summed E-state index contributed by atoms with van der Waals surface area (Å²) in [7, 11) is 0. The van der Waals surface area contributed by atoms with Crippen LogP contribution in [0, 0.1) is 6.92 Å². The van der Waals surface area contributed by atoms with E-state index in [1.165, 1.54) is 42.7 Å². The van der Waals surface area contributed by atoms with Crippen molar-refractivity contribution in [1.82, 2.24) is 5.01 Å². The second-order valence-electron chi connectivity index (χ2n) is 5.13. The van der Waals surface area contributed by atoms with Gasteiger partial charge in [0, 0.05) is 26.2 Å². The van der Waals surface area contributed by atoms with Crippen molar-refractivity contribution in [3.05, 3.63) is 29.3 Å². The summed E-state index contributed by atoms with van der Waals surface area (Å²) in [6.45, 7) is 11.3. The predicted molar refractivity (Wildman–Crippen MR) is 80.3 cm³/mol.